The van der Waals surface area contributed by atoms with Crippen molar-refractivity contribution in [3.8, 4) is 5.75 Å². The molecule has 1 aromatic carbocycles. The summed E-state index contributed by atoms with van der Waals surface area (Å²) in [5, 5.41) is 15.9. The van der Waals surface area contributed by atoms with E-state index in [2.05, 4.69) is 17.6 Å². The van der Waals surface area contributed by atoms with Crippen molar-refractivity contribution in [1.29, 1.82) is 0 Å². The van der Waals surface area contributed by atoms with E-state index in [0.29, 0.717) is 6.54 Å². The molecule has 1 rings (SSSR count). The molecule has 0 spiro atoms. The van der Waals surface area contributed by atoms with Crippen molar-refractivity contribution in [2.45, 2.75) is 90.6 Å². The van der Waals surface area contributed by atoms with Gasteiger partial charge >= 0.3 is 0 Å². The number of unbranched alkanes of at least 4 members (excludes halogenated alkanes) is 9. The second-order valence-electron chi connectivity index (χ2n) is 7.20. The largest absolute Gasteiger partial charge is 0.508 e. The number of hydrogen-bond donors (Lipinski definition) is 3. The van der Waals surface area contributed by atoms with Gasteiger partial charge in [-0.2, -0.15) is 0 Å². The zero-order valence-electron chi connectivity index (χ0n) is 16.7. The Labute approximate surface area is 159 Å². The minimum Gasteiger partial charge on any atom is -0.508 e. The molecule has 3 N–H and O–H groups in total. The highest BCUT2D eigenvalue weighted by Gasteiger charge is 2.12. The van der Waals surface area contributed by atoms with Crippen LogP contribution in [0.1, 0.15) is 83.6 Å². The highest BCUT2D eigenvalue weighted by Crippen LogP contribution is 2.15. The predicted octanol–water partition coefficient (Wildman–Crippen LogP) is 4.91. The van der Waals surface area contributed by atoms with Crippen molar-refractivity contribution in [3.63, 3.8) is 0 Å². The zero-order valence-corrected chi connectivity index (χ0v) is 16.7. The summed E-state index contributed by atoms with van der Waals surface area (Å²) in [5.41, 5.74) is 0.807. The lowest BCUT2D eigenvalue weighted by Gasteiger charge is -2.14. The SMILES string of the molecule is CCCCCCCCCCCCNC(=O)[C@H](C)NCc1ccccc1O. The van der Waals surface area contributed by atoms with E-state index in [1.165, 1.54) is 57.8 Å². The quantitative estimate of drug-likeness (QED) is 0.389. The molecule has 148 valence electrons. The van der Waals surface area contributed by atoms with E-state index in [9.17, 15) is 9.90 Å². The summed E-state index contributed by atoms with van der Waals surface area (Å²) >= 11 is 0. The lowest BCUT2D eigenvalue weighted by Crippen LogP contribution is -2.42. The van der Waals surface area contributed by atoms with Gasteiger partial charge in [-0.15, -0.1) is 0 Å². The van der Waals surface area contributed by atoms with Crippen molar-refractivity contribution >= 4 is 5.91 Å². The molecule has 0 unspecified atom stereocenters. The third-order valence-electron chi connectivity index (χ3n) is 4.81. The van der Waals surface area contributed by atoms with Gasteiger partial charge in [0.15, 0.2) is 0 Å². The van der Waals surface area contributed by atoms with Gasteiger partial charge in [0, 0.05) is 18.7 Å². The zero-order chi connectivity index (χ0) is 19.0. The Hall–Kier alpha value is -1.55. The number of phenolic OH excluding ortho intramolecular Hbond substituents is 1. The maximum atomic E-state index is 12.1. The molecule has 4 heteroatoms. The number of para-hydroxylation sites is 1. The summed E-state index contributed by atoms with van der Waals surface area (Å²) in [5.74, 6) is 0.286. The van der Waals surface area contributed by atoms with Crippen LogP contribution in [-0.4, -0.2) is 23.6 Å². The van der Waals surface area contributed by atoms with Crippen LogP contribution in [0.5, 0.6) is 5.75 Å². The van der Waals surface area contributed by atoms with Gasteiger partial charge in [-0.3, -0.25) is 4.79 Å². The second kappa shape index (κ2) is 14.6. The summed E-state index contributed by atoms with van der Waals surface area (Å²) in [4.78, 5) is 12.1. The van der Waals surface area contributed by atoms with Crippen molar-refractivity contribution in [2.24, 2.45) is 0 Å². The number of phenols is 1. The van der Waals surface area contributed by atoms with Gasteiger partial charge < -0.3 is 15.7 Å². The van der Waals surface area contributed by atoms with Crippen LogP contribution >= 0.6 is 0 Å². The fourth-order valence-electron chi connectivity index (χ4n) is 2.99. The second-order valence-corrected chi connectivity index (χ2v) is 7.20. The fraction of sp³-hybridized carbons (Fsp3) is 0.682. The average molecular weight is 363 g/mol. The molecule has 26 heavy (non-hydrogen) atoms. The molecule has 4 nitrogen and oxygen atoms in total. The van der Waals surface area contributed by atoms with E-state index in [-0.39, 0.29) is 17.7 Å². The van der Waals surface area contributed by atoms with Crippen LogP contribution < -0.4 is 10.6 Å². The third-order valence-corrected chi connectivity index (χ3v) is 4.81. The molecule has 0 radical (unpaired) electrons. The highest BCUT2D eigenvalue weighted by atomic mass is 16.3. The average Bonchev–Trinajstić information content (AvgIpc) is 2.65. The molecular formula is C22H38N2O2. The molecule has 0 heterocycles. The first-order chi connectivity index (χ1) is 12.6. The highest BCUT2D eigenvalue weighted by molar-refractivity contribution is 5.81. The topological polar surface area (TPSA) is 61.4 Å². The van der Waals surface area contributed by atoms with E-state index in [4.69, 9.17) is 0 Å². The number of rotatable bonds is 15. The molecule has 0 aromatic heterocycles. The van der Waals surface area contributed by atoms with Crippen LogP contribution in [0.2, 0.25) is 0 Å². The number of hydrogen-bond acceptors (Lipinski definition) is 3. The minimum atomic E-state index is -0.266. The Morgan fingerprint density at radius 2 is 1.54 bits per heavy atom. The normalized spacial score (nSPS) is 12.1. The fourth-order valence-corrected chi connectivity index (χ4v) is 2.99. The van der Waals surface area contributed by atoms with Crippen LogP contribution in [0.4, 0.5) is 0 Å². The molecular weight excluding hydrogens is 324 g/mol. The smallest absolute Gasteiger partial charge is 0.236 e. The molecule has 0 bridgehead atoms. The number of benzene rings is 1. The van der Waals surface area contributed by atoms with Gasteiger partial charge in [-0.05, 0) is 19.4 Å². The van der Waals surface area contributed by atoms with Crippen molar-refractivity contribution in [3.05, 3.63) is 29.8 Å². The maximum Gasteiger partial charge on any atom is 0.236 e. The van der Waals surface area contributed by atoms with Crippen molar-refractivity contribution in [1.82, 2.24) is 10.6 Å². The van der Waals surface area contributed by atoms with Gasteiger partial charge in [0.1, 0.15) is 5.75 Å². The molecule has 0 saturated heterocycles. The Balaban J connectivity index is 1.98. The Kier molecular flexibility index (Phi) is 12.6. The minimum absolute atomic E-state index is 0.0244. The molecule has 0 saturated carbocycles. The number of amides is 1. The summed E-state index contributed by atoms with van der Waals surface area (Å²) in [7, 11) is 0. The summed E-state index contributed by atoms with van der Waals surface area (Å²) in [6.45, 7) is 5.34. The van der Waals surface area contributed by atoms with Gasteiger partial charge in [0.05, 0.1) is 6.04 Å². The first kappa shape index (κ1) is 22.5. The van der Waals surface area contributed by atoms with Gasteiger partial charge in [-0.25, -0.2) is 0 Å². The lowest BCUT2D eigenvalue weighted by atomic mass is 10.1. The van der Waals surface area contributed by atoms with Crippen LogP contribution in [-0.2, 0) is 11.3 Å². The first-order valence-corrected chi connectivity index (χ1v) is 10.4. The summed E-state index contributed by atoms with van der Waals surface area (Å²) in [6, 6.07) is 6.93. The number of carbonyl (C=O) groups excluding carboxylic acids is 1. The molecule has 0 aliphatic carbocycles. The number of carbonyl (C=O) groups is 1. The number of aromatic hydroxyl groups is 1. The Bertz CT molecular complexity index is 491. The predicted molar refractivity (Wildman–Crippen MR) is 109 cm³/mol. The van der Waals surface area contributed by atoms with Crippen LogP contribution in [0, 0.1) is 0 Å². The Morgan fingerprint density at radius 3 is 2.15 bits per heavy atom. The van der Waals surface area contributed by atoms with Gasteiger partial charge in [-0.1, -0.05) is 82.9 Å². The number of nitrogens with one attached hydrogen (secondary N) is 2. The van der Waals surface area contributed by atoms with Gasteiger partial charge in [0.25, 0.3) is 0 Å². The molecule has 1 amide bonds. The van der Waals surface area contributed by atoms with E-state index in [1.54, 1.807) is 12.1 Å². The van der Waals surface area contributed by atoms with E-state index in [0.717, 1.165) is 18.5 Å². The summed E-state index contributed by atoms with van der Waals surface area (Å²) < 4.78 is 0. The van der Waals surface area contributed by atoms with Crippen molar-refractivity contribution < 1.29 is 9.90 Å². The summed E-state index contributed by atoms with van der Waals surface area (Å²) in [6.07, 6.45) is 13.0. The molecule has 0 aliphatic rings. The lowest BCUT2D eigenvalue weighted by molar-refractivity contribution is -0.122. The standard InChI is InChI=1S/C22H38N2O2/c1-3-4-5-6-7-8-9-10-11-14-17-23-22(26)19(2)24-18-20-15-12-13-16-21(20)25/h12-13,15-16,19,24-25H,3-11,14,17-18H2,1-2H3,(H,23,26)/t19-/m0/s1. The van der Waals surface area contributed by atoms with Crippen LogP contribution in [0.25, 0.3) is 0 Å². The van der Waals surface area contributed by atoms with Crippen LogP contribution in [0.15, 0.2) is 24.3 Å². The monoisotopic (exact) mass is 362 g/mol. The molecule has 1 atom stereocenters. The molecule has 0 fully saturated rings. The third kappa shape index (κ3) is 10.4. The van der Waals surface area contributed by atoms with Crippen LogP contribution in [0.3, 0.4) is 0 Å². The molecule has 1 aromatic rings. The van der Waals surface area contributed by atoms with Gasteiger partial charge in [0.2, 0.25) is 5.91 Å². The maximum absolute atomic E-state index is 12.1. The first-order valence-electron chi connectivity index (χ1n) is 10.4. The van der Waals surface area contributed by atoms with E-state index >= 15 is 0 Å². The Morgan fingerprint density at radius 1 is 0.962 bits per heavy atom. The van der Waals surface area contributed by atoms with E-state index in [1.807, 2.05) is 19.1 Å². The van der Waals surface area contributed by atoms with Crippen molar-refractivity contribution in [2.75, 3.05) is 6.54 Å². The van der Waals surface area contributed by atoms with E-state index < -0.39 is 0 Å². The molecule has 0 aliphatic heterocycles.